The molecule has 0 aromatic carbocycles. The number of hydrogen-bond acceptors (Lipinski definition) is 4. The third-order valence-corrected chi connectivity index (χ3v) is 5.35. The Kier molecular flexibility index (Phi) is 4.49. The summed E-state index contributed by atoms with van der Waals surface area (Å²) in [5.74, 6) is 0.528. The predicted molar refractivity (Wildman–Crippen MR) is 99.7 cm³/mol. The number of aromatic nitrogens is 1. The van der Waals surface area contributed by atoms with E-state index in [1.807, 2.05) is 31.4 Å². The van der Waals surface area contributed by atoms with Gasteiger partial charge in [0.2, 0.25) is 0 Å². The van der Waals surface area contributed by atoms with Gasteiger partial charge < -0.3 is 14.3 Å². The number of furan rings is 1. The van der Waals surface area contributed by atoms with Crippen LogP contribution in [0.1, 0.15) is 52.7 Å². The average molecular weight is 371 g/mol. The maximum Gasteiger partial charge on any atom is 0.325 e. The molecule has 1 fully saturated rings. The lowest BCUT2D eigenvalue weighted by Crippen LogP contribution is -2.41. The molecule has 1 aliphatic rings. The molecule has 1 unspecified atom stereocenters. The lowest BCUT2D eigenvalue weighted by Gasteiger charge is -2.21. The quantitative estimate of drug-likeness (QED) is 0.647. The summed E-state index contributed by atoms with van der Waals surface area (Å²) in [7, 11) is 0. The molecule has 1 aliphatic heterocycles. The van der Waals surface area contributed by atoms with Crippen molar-refractivity contribution in [3.8, 4) is 0 Å². The van der Waals surface area contributed by atoms with Crippen molar-refractivity contribution in [2.24, 2.45) is 0 Å². The van der Waals surface area contributed by atoms with Crippen LogP contribution in [0, 0.1) is 27.7 Å². The molecule has 3 amide bonds. The Bertz CT molecular complexity index is 953. The summed E-state index contributed by atoms with van der Waals surface area (Å²) in [6.07, 6.45) is 0. The topological polar surface area (TPSA) is 84.6 Å². The summed E-state index contributed by atoms with van der Waals surface area (Å²) in [5, 5.41) is 2.72. The van der Waals surface area contributed by atoms with Gasteiger partial charge in [0, 0.05) is 29.1 Å². The van der Waals surface area contributed by atoms with Crippen LogP contribution in [0.5, 0.6) is 0 Å². The van der Waals surface area contributed by atoms with Crippen LogP contribution >= 0.6 is 0 Å². The van der Waals surface area contributed by atoms with E-state index in [-0.39, 0.29) is 12.3 Å². The van der Waals surface area contributed by atoms with Crippen LogP contribution in [0.15, 0.2) is 16.5 Å². The first-order chi connectivity index (χ1) is 12.6. The summed E-state index contributed by atoms with van der Waals surface area (Å²) in [4.78, 5) is 39.3. The first-order valence-corrected chi connectivity index (χ1v) is 9.01. The summed E-state index contributed by atoms with van der Waals surface area (Å²) < 4.78 is 7.54. The Hall–Kier alpha value is -2.83. The van der Waals surface area contributed by atoms with E-state index in [2.05, 4.69) is 5.32 Å². The van der Waals surface area contributed by atoms with Crippen LogP contribution < -0.4 is 5.32 Å². The number of rotatable bonds is 5. The Morgan fingerprint density at radius 3 is 2.37 bits per heavy atom. The summed E-state index contributed by atoms with van der Waals surface area (Å²) in [6, 6.07) is 2.98. The maximum atomic E-state index is 13.0. The minimum absolute atomic E-state index is 0.254. The molecule has 7 nitrogen and oxygen atoms in total. The number of urea groups is 1. The third kappa shape index (κ3) is 2.87. The van der Waals surface area contributed by atoms with Gasteiger partial charge in [0.25, 0.3) is 5.91 Å². The molecule has 0 bridgehead atoms. The van der Waals surface area contributed by atoms with E-state index in [0.717, 1.165) is 22.8 Å². The van der Waals surface area contributed by atoms with Crippen LogP contribution in [0.25, 0.3) is 0 Å². The fourth-order valence-corrected chi connectivity index (χ4v) is 3.95. The van der Waals surface area contributed by atoms with Crippen LogP contribution in [0.3, 0.4) is 0 Å². The van der Waals surface area contributed by atoms with Gasteiger partial charge in [0.1, 0.15) is 17.1 Å². The smallest absolute Gasteiger partial charge is 0.325 e. The van der Waals surface area contributed by atoms with Gasteiger partial charge in [-0.25, -0.2) is 4.79 Å². The molecule has 0 saturated carbocycles. The molecule has 0 aliphatic carbocycles. The van der Waals surface area contributed by atoms with Crippen molar-refractivity contribution in [2.75, 3.05) is 6.54 Å². The van der Waals surface area contributed by atoms with Crippen molar-refractivity contribution in [2.45, 2.75) is 53.6 Å². The molecule has 144 valence electrons. The molecule has 0 spiro atoms. The van der Waals surface area contributed by atoms with Crippen molar-refractivity contribution >= 4 is 17.7 Å². The third-order valence-electron chi connectivity index (χ3n) is 5.35. The second-order valence-electron chi connectivity index (χ2n) is 7.23. The zero-order valence-electron chi connectivity index (χ0n) is 16.6. The first-order valence-electron chi connectivity index (χ1n) is 9.01. The van der Waals surface area contributed by atoms with E-state index in [1.54, 1.807) is 26.8 Å². The number of nitrogens with zero attached hydrogens (tertiary/aromatic N) is 2. The maximum absolute atomic E-state index is 13.0. The average Bonchev–Trinajstić information content (AvgIpc) is 3.16. The Morgan fingerprint density at radius 1 is 1.19 bits per heavy atom. The van der Waals surface area contributed by atoms with Crippen LogP contribution in [0.2, 0.25) is 0 Å². The van der Waals surface area contributed by atoms with E-state index >= 15 is 0 Å². The van der Waals surface area contributed by atoms with E-state index in [9.17, 15) is 14.4 Å². The van der Waals surface area contributed by atoms with Gasteiger partial charge in [-0.1, -0.05) is 0 Å². The van der Waals surface area contributed by atoms with Gasteiger partial charge in [0.15, 0.2) is 5.78 Å². The summed E-state index contributed by atoms with van der Waals surface area (Å²) >= 11 is 0. The number of aryl methyl sites for hydroxylation is 3. The standard InChI is InChI=1S/C20H25N3O4/c1-7-22-11(2)8-15(13(22)4)17(24)10-23-18(25)20(6,21-19(23)26)16-9-12(3)27-14(16)5/h8-9H,7,10H2,1-6H3,(H,21,26). The van der Waals surface area contributed by atoms with E-state index in [0.29, 0.717) is 22.6 Å². The van der Waals surface area contributed by atoms with Crippen molar-refractivity contribution in [3.05, 3.63) is 46.2 Å². The number of carbonyl (C=O) groups is 3. The van der Waals surface area contributed by atoms with Gasteiger partial charge in [-0.2, -0.15) is 0 Å². The van der Waals surface area contributed by atoms with Crippen molar-refractivity contribution in [1.82, 2.24) is 14.8 Å². The molecule has 3 rings (SSSR count). The summed E-state index contributed by atoms with van der Waals surface area (Å²) in [5.41, 5.74) is 1.73. The van der Waals surface area contributed by atoms with Crippen molar-refractivity contribution < 1.29 is 18.8 Å². The monoisotopic (exact) mass is 371 g/mol. The van der Waals surface area contributed by atoms with Crippen LogP contribution in [-0.2, 0) is 16.9 Å². The molecule has 1 N–H and O–H groups in total. The normalized spacial score (nSPS) is 19.7. The minimum Gasteiger partial charge on any atom is -0.466 e. The number of nitrogens with one attached hydrogen (secondary N) is 1. The molecule has 27 heavy (non-hydrogen) atoms. The lowest BCUT2D eigenvalue weighted by molar-refractivity contribution is -0.130. The molecular weight excluding hydrogens is 346 g/mol. The van der Waals surface area contributed by atoms with Crippen molar-refractivity contribution in [1.29, 1.82) is 0 Å². The molecule has 2 aromatic rings. The zero-order valence-corrected chi connectivity index (χ0v) is 16.6. The second kappa shape index (κ2) is 6.40. The van der Waals surface area contributed by atoms with Gasteiger partial charge in [-0.3, -0.25) is 14.5 Å². The SMILES string of the molecule is CCn1c(C)cc(C(=O)CN2C(=O)NC(C)(c3cc(C)oc3C)C2=O)c1C. The Morgan fingerprint density at radius 2 is 1.85 bits per heavy atom. The number of imide groups is 1. The predicted octanol–water partition coefficient (Wildman–Crippen LogP) is 2.98. The number of amides is 3. The van der Waals surface area contributed by atoms with Crippen LogP contribution in [-0.4, -0.2) is 33.7 Å². The molecular formula is C20H25N3O4. The summed E-state index contributed by atoms with van der Waals surface area (Å²) in [6.45, 7) is 11.4. The number of ketones is 1. The number of Topliss-reactive ketones (excluding diaryl/α,β-unsaturated/α-hetero) is 1. The van der Waals surface area contributed by atoms with Gasteiger partial charge in [-0.05, 0) is 53.7 Å². The van der Waals surface area contributed by atoms with Gasteiger partial charge in [0.05, 0.1) is 6.54 Å². The Labute approximate surface area is 158 Å². The molecule has 1 atom stereocenters. The molecule has 3 heterocycles. The van der Waals surface area contributed by atoms with E-state index in [1.165, 1.54) is 0 Å². The molecule has 7 heteroatoms. The van der Waals surface area contributed by atoms with E-state index < -0.39 is 17.5 Å². The highest BCUT2D eigenvalue weighted by molar-refractivity contribution is 6.11. The number of hydrogen-bond donors (Lipinski definition) is 1. The highest BCUT2D eigenvalue weighted by Crippen LogP contribution is 2.33. The first kappa shape index (κ1) is 18.9. The highest BCUT2D eigenvalue weighted by atomic mass is 16.3. The minimum atomic E-state index is -1.24. The second-order valence-corrected chi connectivity index (χ2v) is 7.23. The van der Waals surface area contributed by atoms with Gasteiger partial charge in [-0.15, -0.1) is 0 Å². The van der Waals surface area contributed by atoms with E-state index in [4.69, 9.17) is 4.42 Å². The van der Waals surface area contributed by atoms with Crippen molar-refractivity contribution in [3.63, 3.8) is 0 Å². The largest absolute Gasteiger partial charge is 0.466 e. The molecule has 1 saturated heterocycles. The fraction of sp³-hybridized carbons (Fsp3) is 0.450. The van der Waals surface area contributed by atoms with Crippen LogP contribution in [0.4, 0.5) is 4.79 Å². The fourth-order valence-electron chi connectivity index (χ4n) is 3.95. The lowest BCUT2D eigenvalue weighted by atomic mass is 9.92. The Balaban J connectivity index is 1.88. The zero-order chi connectivity index (χ0) is 20.1. The number of carbonyl (C=O) groups excluding carboxylic acids is 3. The highest BCUT2D eigenvalue weighted by Gasteiger charge is 2.51. The molecule has 0 radical (unpaired) electrons. The van der Waals surface area contributed by atoms with Gasteiger partial charge >= 0.3 is 6.03 Å². The molecule has 2 aromatic heterocycles.